The van der Waals surface area contributed by atoms with Crippen molar-refractivity contribution in [1.82, 2.24) is 15.1 Å². The van der Waals surface area contributed by atoms with E-state index in [1.54, 1.807) is 18.2 Å². The molecular formula is C24H34FN3O3. The SMILES string of the molecule is CC(C)NC(=O)N(C1CC1)C1CCOC2(CCN(C(=O)Cc3ccccc3F)CC2)C1. The first-order chi connectivity index (χ1) is 14.9. The van der Waals surface area contributed by atoms with E-state index in [-0.39, 0.29) is 41.9 Å². The Morgan fingerprint density at radius 3 is 2.55 bits per heavy atom. The van der Waals surface area contributed by atoms with Gasteiger partial charge in [-0.1, -0.05) is 18.2 Å². The Morgan fingerprint density at radius 1 is 1.19 bits per heavy atom. The number of carbonyl (C=O) groups excluding carboxylic acids is 2. The summed E-state index contributed by atoms with van der Waals surface area (Å²) in [6, 6.07) is 7.14. The molecule has 4 rings (SSSR count). The van der Waals surface area contributed by atoms with Crippen molar-refractivity contribution in [2.75, 3.05) is 19.7 Å². The number of hydrogen-bond acceptors (Lipinski definition) is 3. The van der Waals surface area contributed by atoms with E-state index in [0.29, 0.717) is 31.3 Å². The molecule has 3 aliphatic rings. The highest BCUT2D eigenvalue weighted by Gasteiger charge is 2.46. The van der Waals surface area contributed by atoms with E-state index in [0.717, 1.165) is 38.5 Å². The molecule has 1 saturated carbocycles. The normalized spacial score (nSPS) is 23.1. The highest BCUT2D eigenvalue weighted by molar-refractivity contribution is 5.79. The average Bonchev–Trinajstić information content (AvgIpc) is 3.55. The third-order valence-electron chi connectivity index (χ3n) is 6.77. The molecule has 1 N–H and O–H groups in total. The molecule has 1 atom stereocenters. The highest BCUT2D eigenvalue weighted by Crippen LogP contribution is 2.40. The van der Waals surface area contributed by atoms with E-state index >= 15 is 0 Å². The maximum absolute atomic E-state index is 13.9. The predicted molar refractivity (Wildman–Crippen MR) is 116 cm³/mol. The molecule has 2 saturated heterocycles. The summed E-state index contributed by atoms with van der Waals surface area (Å²) in [4.78, 5) is 29.4. The van der Waals surface area contributed by atoms with E-state index in [1.807, 2.05) is 18.7 Å². The second-order valence-electron chi connectivity index (χ2n) is 9.57. The number of nitrogens with one attached hydrogen (secondary N) is 1. The second kappa shape index (κ2) is 9.15. The fourth-order valence-electron chi connectivity index (χ4n) is 4.97. The fraction of sp³-hybridized carbons (Fsp3) is 0.667. The van der Waals surface area contributed by atoms with E-state index in [9.17, 15) is 14.0 Å². The van der Waals surface area contributed by atoms with Crippen LogP contribution in [0.5, 0.6) is 0 Å². The number of halogens is 1. The van der Waals surface area contributed by atoms with Gasteiger partial charge in [0.05, 0.1) is 12.0 Å². The van der Waals surface area contributed by atoms with Crippen LogP contribution in [0.1, 0.15) is 57.9 Å². The number of likely N-dealkylation sites (tertiary alicyclic amines) is 1. The first-order valence-corrected chi connectivity index (χ1v) is 11.6. The van der Waals surface area contributed by atoms with Crippen molar-refractivity contribution in [3.63, 3.8) is 0 Å². The molecule has 31 heavy (non-hydrogen) atoms. The zero-order valence-corrected chi connectivity index (χ0v) is 18.6. The summed E-state index contributed by atoms with van der Waals surface area (Å²) in [6.07, 6.45) is 5.45. The maximum Gasteiger partial charge on any atom is 0.318 e. The zero-order chi connectivity index (χ0) is 22.0. The summed E-state index contributed by atoms with van der Waals surface area (Å²) >= 11 is 0. The number of benzene rings is 1. The molecule has 0 bridgehead atoms. The minimum Gasteiger partial charge on any atom is -0.375 e. The summed E-state index contributed by atoms with van der Waals surface area (Å²) in [6.45, 7) is 5.85. The monoisotopic (exact) mass is 431 g/mol. The van der Waals surface area contributed by atoms with Gasteiger partial charge in [0, 0.05) is 37.8 Å². The third kappa shape index (κ3) is 5.20. The lowest BCUT2D eigenvalue weighted by molar-refractivity contribution is -0.147. The summed E-state index contributed by atoms with van der Waals surface area (Å²) < 4.78 is 20.2. The van der Waals surface area contributed by atoms with Gasteiger partial charge in [-0.2, -0.15) is 0 Å². The van der Waals surface area contributed by atoms with Gasteiger partial charge in [0.1, 0.15) is 5.82 Å². The average molecular weight is 432 g/mol. The standard InChI is InChI=1S/C24H34FN3O3/c1-17(2)26-23(30)28(19-7-8-19)20-9-14-31-24(16-20)10-12-27(13-11-24)22(29)15-18-5-3-4-6-21(18)25/h3-6,17,19-20H,7-16H2,1-2H3,(H,26,30). The number of nitrogens with zero attached hydrogens (tertiary/aromatic N) is 2. The zero-order valence-electron chi connectivity index (χ0n) is 18.6. The number of urea groups is 1. The van der Waals surface area contributed by atoms with Crippen molar-refractivity contribution < 1.29 is 18.7 Å². The minimum absolute atomic E-state index is 0.0387. The van der Waals surface area contributed by atoms with Gasteiger partial charge in [-0.15, -0.1) is 0 Å². The van der Waals surface area contributed by atoms with Gasteiger partial charge in [0.15, 0.2) is 0 Å². The Hall–Kier alpha value is -2.15. The first kappa shape index (κ1) is 22.1. The van der Waals surface area contributed by atoms with Crippen LogP contribution < -0.4 is 5.32 Å². The van der Waals surface area contributed by atoms with Crippen LogP contribution in [-0.4, -0.2) is 65.2 Å². The first-order valence-electron chi connectivity index (χ1n) is 11.6. The lowest BCUT2D eigenvalue weighted by Gasteiger charge is -2.48. The van der Waals surface area contributed by atoms with E-state index < -0.39 is 0 Å². The van der Waals surface area contributed by atoms with E-state index in [2.05, 4.69) is 10.2 Å². The van der Waals surface area contributed by atoms with E-state index in [4.69, 9.17) is 4.74 Å². The van der Waals surface area contributed by atoms with Gasteiger partial charge in [-0.3, -0.25) is 4.79 Å². The molecule has 7 heteroatoms. The maximum atomic E-state index is 13.9. The summed E-state index contributed by atoms with van der Waals surface area (Å²) in [5.74, 6) is -0.370. The molecule has 170 valence electrons. The van der Waals surface area contributed by atoms with Crippen molar-refractivity contribution in [2.45, 2.75) is 82.5 Å². The third-order valence-corrected chi connectivity index (χ3v) is 6.77. The van der Waals surface area contributed by atoms with Crippen molar-refractivity contribution in [1.29, 1.82) is 0 Å². The number of piperidine rings is 1. The number of carbonyl (C=O) groups is 2. The molecule has 2 heterocycles. The highest BCUT2D eigenvalue weighted by atomic mass is 19.1. The minimum atomic E-state index is -0.331. The molecule has 0 radical (unpaired) electrons. The molecule has 3 fully saturated rings. The Bertz CT molecular complexity index is 803. The van der Waals surface area contributed by atoms with E-state index in [1.165, 1.54) is 6.07 Å². The topological polar surface area (TPSA) is 61.9 Å². The Labute approximate surface area is 184 Å². The molecule has 3 amide bonds. The lowest BCUT2D eigenvalue weighted by atomic mass is 9.81. The lowest BCUT2D eigenvalue weighted by Crippen LogP contribution is -2.57. The van der Waals surface area contributed by atoms with Gasteiger partial charge in [0.2, 0.25) is 5.91 Å². The summed E-state index contributed by atoms with van der Waals surface area (Å²) in [5.41, 5.74) is 0.168. The van der Waals surface area contributed by atoms with Crippen LogP contribution >= 0.6 is 0 Å². The Morgan fingerprint density at radius 2 is 1.90 bits per heavy atom. The van der Waals surface area contributed by atoms with Gasteiger partial charge >= 0.3 is 6.03 Å². The van der Waals surface area contributed by atoms with Crippen LogP contribution in [0.3, 0.4) is 0 Å². The van der Waals surface area contributed by atoms with Gasteiger partial charge < -0.3 is 19.9 Å². The molecule has 0 aromatic heterocycles. The van der Waals surface area contributed by atoms with Crippen molar-refractivity contribution in [3.8, 4) is 0 Å². The number of ether oxygens (including phenoxy) is 1. The van der Waals surface area contributed by atoms with Crippen LogP contribution in [0.15, 0.2) is 24.3 Å². The molecule has 2 aliphatic heterocycles. The Kier molecular flexibility index (Phi) is 6.51. The molecule has 1 aliphatic carbocycles. The molecule has 1 aromatic rings. The van der Waals surface area contributed by atoms with Gasteiger partial charge in [0.25, 0.3) is 0 Å². The largest absolute Gasteiger partial charge is 0.375 e. The summed E-state index contributed by atoms with van der Waals surface area (Å²) in [5, 5.41) is 3.07. The molecule has 6 nitrogen and oxygen atoms in total. The summed E-state index contributed by atoms with van der Waals surface area (Å²) in [7, 11) is 0. The molecular weight excluding hydrogens is 397 g/mol. The fourth-order valence-corrected chi connectivity index (χ4v) is 4.97. The van der Waals surface area contributed by atoms with Crippen LogP contribution in [-0.2, 0) is 16.0 Å². The number of rotatable bonds is 5. The number of hydrogen-bond donors (Lipinski definition) is 1. The van der Waals surface area contributed by atoms with Crippen molar-refractivity contribution in [2.24, 2.45) is 0 Å². The molecule has 1 spiro atoms. The van der Waals surface area contributed by atoms with Crippen LogP contribution in [0.2, 0.25) is 0 Å². The van der Waals surface area contributed by atoms with Crippen LogP contribution in [0, 0.1) is 5.82 Å². The molecule has 1 aromatic carbocycles. The van der Waals surface area contributed by atoms with Gasteiger partial charge in [-0.25, -0.2) is 9.18 Å². The smallest absolute Gasteiger partial charge is 0.318 e. The van der Waals surface area contributed by atoms with Crippen molar-refractivity contribution in [3.05, 3.63) is 35.6 Å². The van der Waals surface area contributed by atoms with Crippen LogP contribution in [0.25, 0.3) is 0 Å². The quantitative estimate of drug-likeness (QED) is 0.776. The second-order valence-corrected chi connectivity index (χ2v) is 9.57. The predicted octanol–water partition coefficient (Wildman–Crippen LogP) is 3.49. The number of amides is 3. The molecule has 1 unspecified atom stereocenters. The van der Waals surface area contributed by atoms with Crippen molar-refractivity contribution >= 4 is 11.9 Å². The van der Waals surface area contributed by atoms with Crippen LogP contribution in [0.4, 0.5) is 9.18 Å². The Balaban J connectivity index is 1.36. The van der Waals surface area contributed by atoms with Gasteiger partial charge in [-0.05, 0) is 64.0 Å².